The molecule has 9 heavy (non-hydrogen) atoms. The summed E-state index contributed by atoms with van der Waals surface area (Å²) in [5.74, 6) is 2.43. The van der Waals surface area contributed by atoms with Crippen LogP contribution in [0, 0.1) is 11.8 Å². The van der Waals surface area contributed by atoms with Crippen LogP contribution in [0.15, 0.2) is 0 Å². The highest BCUT2D eigenvalue weighted by Gasteiger charge is 2.37. The number of ether oxygens (including phenoxy) is 1. The Morgan fingerprint density at radius 2 is 1.11 bits per heavy atom. The molecule has 2 aliphatic carbocycles. The Morgan fingerprint density at radius 1 is 0.889 bits per heavy atom. The van der Waals surface area contributed by atoms with Gasteiger partial charge in [-0.05, 0) is 37.5 Å². The molecule has 0 heterocycles. The van der Waals surface area contributed by atoms with Crippen molar-refractivity contribution in [2.45, 2.75) is 25.7 Å². The molecule has 0 bridgehead atoms. The monoisotopic (exact) mass is 128 g/mol. The second-order valence-electron chi connectivity index (χ2n) is 3.08. The Balaban J connectivity index is 0.000000120. The minimum atomic E-state index is 1.21. The van der Waals surface area contributed by atoms with Crippen LogP contribution in [0.2, 0.25) is 0 Å². The lowest BCUT2D eigenvalue weighted by molar-refractivity contribution is 0.0548. The molecule has 0 radical (unpaired) electrons. The third-order valence-corrected chi connectivity index (χ3v) is 2.48. The Bertz CT molecular complexity index is 62.6. The molecule has 0 aromatic heterocycles. The van der Waals surface area contributed by atoms with E-state index in [9.17, 15) is 0 Å². The van der Waals surface area contributed by atoms with E-state index < -0.39 is 0 Å². The lowest BCUT2D eigenvalue weighted by Gasteiger charge is -2.46. The molecule has 0 aromatic rings. The van der Waals surface area contributed by atoms with Gasteiger partial charge in [0.15, 0.2) is 0 Å². The fourth-order valence-electron chi connectivity index (χ4n) is 1.56. The molecule has 0 saturated heterocycles. The third-order valence-electron chi connectivity index (χ3n) is 2.48. The summed E-state index contributed by atoms with van der Waals surface area (Å²) < 4.78 is 4.25. The van der Waals surface area contributed by atoms with Gasteiger partial charge >= 0.3 is 0 Å². The van der Waals surface area contributed by atoms with E-state index in [4.69, 9.17) is 0 Å². The second-order valence-corrected chi connectivity index (χ2v) is 3.08. The molecule has 1 heteroatoms. The van der Waals surface area contributed by atoms with Crippen LogP contribution >= 0.6 is 0 Å². The smallest absolute Gasteiger partial charge is 0.0351 e. The number of methoxy groups -OCH3 is 1. The Hall–Kier alpha value is -0.0400. The zero-order chi connectivity index (χ0) is 6.69. The first kappa shape index (κ1) is 7.07. The average molecular weight is 128 g/mol. The normalized spacial score (nSPS) is 36.7. The first-order chi connectivity index (χ1) is 4.38. The standard InChI is InChI=1S/C6H10.C2H6O/c1-2-6-4-3-5(1)6;1-3-2/h5-6H,1-4H2;1-2H3. The number of hydrogen-bond acceptors (Lipinski definition) is 1. The summed E-state index contributed by atoms with van der Waals surface area (Å²) in [4.78, 5) is 0. The molecule has 0 N–H and O–H groups in total. The lowest BCUT2D eigenvalue weighted by atomic mass is 9.60. The molecule has 0 aromatic carbocycles. The van der Waals surface area contributed by atoms with Crippen molar-refractivity contribution in [3.8, 4) is 0 Å². The number of hydrogen-bond donors (Lipinski definition) is 0. The van der Waals surface area contributed by atoms with E-state index in [1.807, 2.05) is 0 Å². The zero-order valence-corrected chi connectivity index (χ0v) is 6.39. The second kappa shape index (κ2) is 3.21. The van der Waals surface area contributed by atoms with Gasteiger partial charge in [0.2, 0.25) is 0 Å². The molecule has 2 rings (SSSR count). The number of fused-ring (bicyclic) bond motifs is 1. The van der Waals surface area contributed by atoms with Crippen molar-refractivity contribution >= 4 is 0 Å². The van der Waals surface area contributed by atoms with Gasteiger partial charge in [0.25, 0.3) is 0 Å². The summed E-state index contributed by atoms with van der Waals surface area (Å²) in [5.41, 5.74) is 0. The van der Waals surface area contributed by atoms with E-state index in [0.717, 1.165) is 0 Å². The summed E-state index contributed by atoms with van der Waals surface area (Å²) in [5, 5.41) is 0. The summed E-state index contributed by atoms with van der Waals surface area (Å²) in [7, 11) is 3.25. The van der Waals surface area contributed by atoms with E-state index >= 15 is 0 Å². The van der Waals surface area contributed by atoms with Crippen LogP contribution in [0.4, 0.5) is 0 Å². The summed E-state index contributed by atoms with van der Waals surface area (Å²) >= 11 is 0. The fraction of sp³-hybridized carbons (Fsp3) is 1.00. The Kier molecular flexibility index (Phi) is 2.52. The maximum atomic E-state index is 4.25. The molecule has 0 spiro atoms. The van der Waals surface area contributed by atoms with Gasteiger partial charge in [-0.1, -0.05) is 0 Å². The first-order valence-electron chi connectivity index (χ1n) is 3.78. The molecule has 2 saturated carbocycles. The quantitative estimate of drug-likeness (QED) is 0.485. The van der Waals surface area contributed by atoms with Crippen LogP contribution in [0.25, 0.3) is 0 Å². The van der Waals surface area contributed by atoms with Crippen LogP contribution in [-0.4, -0.2) is 14.2 Å². The van der Waals surface area contributed by atoms with Gasteiger partial charge < -0.3 is 4.74 Å². The molecule has 0 amide bonds. The minimum absolute atomic E-state index is 1.21. The van der Waals surface area contributed by atoms with Gasteiger partial charge in [-0.15, -0.1) is 0 Å². The van der Waals surface area contributed by atoms with Crippen LogP contribution in [0.3, 0.4) is 0 Å². The molecular formula is C8H16O. The molecule has 0 atom stereocenters. The van der Waals surface area contributed by atoms with Crippen molar-refractivity contribution in [2.24, 2.45) is 11.8 Å². The largest absolute Gasteiger partial charge is 0.388 e. The molecule has 54 valence electrons. The van der Waals surface area contributed by atoms with Gasteiger partial charge in [0.1, 0.15) is 0 Å². The SMILES string of the molecule is C1CC2CCC12.COC. The van der Waals surface area contributed by atoms with Crippen molar-refractivity contribution in [3.63, 3.8) is 0 Å². The molecular weight excluding hydrogens is 112 g/mol. The van der Waals surface area contributed by atoms with Crippen LogP contribution in [-0.2, 0) is 4.74 Å². The Morgan fingerprint density at radius 3 is 1.11 bits per heavy atom. The van der Waals surface area contributed by atoms with Crippen molar-refractivity contribution in [1.82, 2.24) is 0 Å². The zero-order valence-electron chi connectivity index (χ0n) is 6.39. The predicted octanol–water partition coefficient (Wildman–Crippen LogP) is 2.07. The van der Waals surface area contributed by atoms with Crippen molar-refractivity contribution < 1.29 is 4.74 Å². The fourth-order valence-corrected chi connectivity index (χ4v) is 1.56. The van der Waals surface area contributed by atoms with E-state index in [1.54, 1.807) is 39.9 Å². The van der Waals surface area contributed by atoms with Crippen molar-refractivity contribution in [1.29, 1.82) is 0 Å². The van der Waals surface area contributed by atoms with E-state index in [-0.39, 0.29) is 0 Å². The van der Waals surface area contributed by atoms with E-state index in [0.29, 0.717) is 0 Å². The molecule has 1 nitrogen and oxygen atoms in total. The summed E-state index contributed by atoms with van der Waals surface area (Å²) in [6.07, 6.45) is 6.24. The third kappa shape index (κ3) is 1.45. The molecule has 0 unspecified atom stereocenters. The predicted molar refractivity (Wildman–Crippen MR) is 38.4 cm³/mol. The maximum Gasteiger partial charge on any atom is 0.0351 e. The van der Waals surface area contributed by atoms with E-state index in [2.05, 4.69) is 4.74 Å². The van der Waals surface area contributed by atoms with Crippen LogP contribution < -0.4 is 0 Å². The highest BCUT2D eigenvalue weighted by Crippen LogP contribution is 2.49. The van der Waals surface area contributed by atoms with Crippen LogP contribution in [0.1, 0.15) is 25.7 Å². The van der Waals surface area contributed by atoms with Gasteiger partial charge in [-0.2, -0.15) is 0 Å². The average Bonchev–Trinajstić information content (AvgIpc) is 1.81. The molecule has 0 aliphatic heterocycles. The first-order valence-corrected chi connectivity index (χ1v) is 3.78. The maximum absolute atomic E-state index is 4.25. The molecule has 2 fully saturated rings. The summed E-state index contributed by atoms with van der Waals surface area (Å²) in [6.45, 7) is 0. The molecule has 2 aliphatic rings. The summed E-state index contributed by atoms with van der Waals surface area (Å²) in [6, 6.07) is 0. The van der Waals surface area contributed by atoms with Gasteiger partial charge in [0.05, 0.1) is 0 Å². The van der Waals surface area contributed by atoms with Crippen LogP contribution in [0.5, 0.6) is 0 Å². The lowest BCUT2D eigenvalue weighted by Crippen LogP contribution is -2.34. The minimum Gasteiger partial charge on any atom is -0.388 e. The number of rotatable bonds is 0. The topological polar surface area (TPSA) is 9.23 Å². The highest BCUT2D eigenvalue weighted by atomic mass is 16.4. The van der Waals surface area contributed by atoms with Gasteiger partial charge in [-0.25, -0.2) is 0 Å². The van der Waals surface area contributed by atoms with Gasteiger partial charge in [-0.3, -0.25) is 0 Å². The highest BCUT2D eigenvalue weighted by molar-refractivity contribution is 4.89. The van der Waals surface area contributed by atoms with Gasteiger partial charge in [0, 0.05) is 14.2 Å². The van der Waals surface area contributed by atoms with Crippen molar-refractivity contribution in [2.75, 3.05) is 14.2 Å². The van der Waals surface area contributed by atoms with E-state index in [1.165, 1.54) is 11.8 Å². The Labute approximate surface area is 57.4 Å². The van der Waals surface area contributed by atoms with Crippen molar-refractivity contribution in [3.05, 3.63) is 0 Å².